The Morgan fingerprint density at radius 3 is 2.00 bits per heavy atom. The molecule has 0 heterocycles. The quantitative estimate of drug-likeness (QED) is 0.390. The first kappa shape index (κ1) is 26.4. The second-order valence-corrected chi connectivity index (χ2v) is 8.07. The van der Waals surface area contributed by atoms with Gasteiger partial charge in [-0.2, -0.15) is 0 Å². The van der Waals surface area contributed by atoms with E-state index in [2.05, 4.69) is 13.8 Å². The van der Waals surface area contributed by atoms with Gasteiger partial charge < -0.3 is 18.9 Å². The predicted molar refractivity (Wildman–Crippen MR) is 126 cm³/mol. The third-order valence-corrected chi connectivity index (χ3v) is 5.83. The Labute approximate surface area is 193 Å². The number of hydrogen-bond acceptors (Lipinski definition) is 5. The summed E-state index contributed by atoms with van der Waals surface area (Å²) in [6, 6.07) is 11.0. The van der Waals surface area contributed by atoms with Gasteiger partial charge in [0.2, 0.25) is 0 Å². The van der Waals surface area contributed by atoms with Gasteiger partial charge in [-0.05, 0) is 59.5 Å². The molecule has 2 aromatic carbocycles. The Bertz CT molecular complexity index is 805. The van der Waals surface area contributed by atoms with E-state index in [-0.39, 0.29) is 45.2 Å². The SMILES string of the molecule is CCC(C)Oc1ccc(PC(=O)c2c(OC)cccc2OC)c(OC(C)CC)c1.[LiH]. The summed E-state index contributed by atoms with van der Waals surface area (Å²) in [5.41, 5.74) is 0.383. The molecule has 0 aliphatic rings. The van der Waals surface area contributed by atoms with Crippen molar-refractivity contribution >= 4 is 38.3 Å². The van der Waals surface area contributed by atoms with Gasteiger partial charge >= 0.3 is 18.9 Å². The maximum absolute atomic E-state index is 13.2. The van der Waals surface area contributed by atoms with Gasteiger partial charge in [-0.3, -0.25) is 4.79 Å². The molecule has 0 amide bonds. The van der Waals surface area contributed by atoms with Gasteiger partial charge in [-0.1, -0.05) is 19.9 Å². The van der Waals surface area contributed by atoms with Crippen molar-refractivity contribution in [2.24, 2.45) is 0 Å². The van der Waals surface area contributed by atoms with E-state index in [0.29, 0.717) is 22.8 Å². The molecule has 0 N–H and O–H groups in total. The van der Waals surface area contributed by atoms with E-state index in [1.54, 1.807) is 32.4 Å². The van der Waals surface area contributed by atoms with Gasteiger partial charge in [0.25, 0.3) is 0 Å². The minimum absolute atomic E-state index is 0. The maximum atomic E-state index is 13.2. The normalized spacial score (nSPS) is 12.7. The zero-order valence-electron chi connectivity index (χ0n) is 18.1. The zero-order valence-corrected chi connectivity index (χ0v) is 19.1. The third-order valence-electron chi connectivity index (χ3n) is 4.67. The zero-order chi connectivity index (χ0) is 21.4. The van der Waals surface area contributed by atoms with E-state index < -0.39 is 0 Å². The Morgan fingerprint density at radius 2 is 1.47 bits per heavy atom. The summed E-state index contributed by atoms with van der Waals surface area (Å²) in [5.74, 6) is 2.43. The van der Waals surface area contributed by atoms with Crippen LogP contribution in [-0.4, -0.2) is 50.8 Å². The van der Waals surface area contributed by atoms with Crippen molar-refractivity contribution < 1.29 is 23.7 Å². The van der Waals surface area contributed by atoms with Crippen molar-refractivity contribution in [2.75, 3.05) is 14.2 Å². The first-order valence-corrected chi connectivity index (χ1v) is 10.9. The van der Waals surface area contributed by atoms with Crippen LogP contribution in [0.2, 0.25) is 0 Å². The van der Waals surface area contributed by atoms with Gasteiger partial charge in [0, 0.05) is 11.4 Å². The van der Waals surface area contributed by atoms with Crippen LogP contribution in [0.5, 0.6) is 23.0 Å². The van der Waals surface area contributed by atoms with Crippen LogP contribution in [-0.2, 0) is 0 Å². The first-order chi connectivity index (χ1) is 13.9. The van der Waals surface area contributed by atoms with E-state index >= 15 is 0 Å². The minimum atomic E-state index is -0.133. The Morgan fingerprint density at radius 1 is 0.900 bits per heavy atom. The molecular formula is C23H32LiO5P. The van der Waals surface area contributed by atoms with E-state index in [1.807, 2.05) is 32.0 Å². The van der Waals surface area contributed by atoms with Gasteiger partial charge in [-0.25, -0.2) is 0 Å². The number of carbonyl (C=O) groups excluding carboxylic acids is 1. The molecule has 0 spiro atoms. The number of methoxy groups -OCH3 is 2. The molecule has 0 radical (unpaired) electrons. The molecule has 0 fully saturated rings. The van der Waals surface area contributed by atoms with Crippen LogP contribution < -0.4 is 24.3 Å². The summed E-state index contributed by atoms with van der Waals surface area (Å²) in [4.78, 5) is 13.2. The molecule has 0 bridgehead atoms. The molecule has 2 aromatic rings. The number of carbonyl (C=O) groups is 1. The molecule has 3 unspecified atom stereocenters. The first-order valence-electron chi connectivity index (χ1n) is 9.93. The van der Waals surface area contributed by atoms with Crippen LogP contribution in [0.1, 0.15) is 50.9 Å². The van der Waals surface area contributed by atoms with Gasteiger partial charge in [0.1, 0.15) is 28.6 Å². The molecule has 2 rings (SSSR count). The van der Waals surface area contributed by atoms with Gasteiger partial charge in [0.15, 0.2) is 5.52 Å². The molecular weight excluding hydrogens is 394 g/mol. The summed E-state index contributed by atoms with van der Waals surface area (Å²) in [6.45, 7) is 8.19. The average Bonchev–Trinajstić information content (AvgIpc) is 2.74. The number of benzene rings is 2. The topological polar surface area (TPSA) is 54.0 Å². The van der Waals surface area contributed by atoms with E-state index in [0.717, 1.165) is 23.9 Å². The molecule has 0 aromatic heterocycles. The van der Waals surface area contributed by atoms with Crippen molar-refractivity contribution in [3.05, 3.63) is 42.0 Å². The summed E-state index contributed by atoms with van der Waals surface area (Å²) in [5, 5.41) is 0.833. The van der Waals surface area contributed by atoms with Crippen LogP contribution in [0.15, 0.2) is 36.4 Å². The van der Waals surface area contributed by atoms with Crippen LogP contribution in [0.25, 0.3) is 0 Å². The molecule has 3 atom stereocenters. The van der Waals surface area contributed by atoms with Crippen molar-refractivity contribution in [1.82, 2.24) is 0 Å². The summed E-state index contributed by atoms with van der Waals surface area (Å²) < 4.78 is 22.8. The van der Waals surface area contributed by atoms with Crippen LogP contribution >= 0.6 is 8.58 Å². The fourth-order valence-corrected chi connectivity index (χ4v) is 3.69. The van der Waals surface area contributed by atoms with Crippen molar-refractivity contribution in [3.63, 3.8) is 0 Å². The van der Waals surface area contributed by atoms with E-state index in [9.17, 15) is 4.79 Å². The standard InChI is InChI=1S/C23H31O5P.Li.H/c1-7-15(3)27-17-12-13-21(20(14-17)28-16(4)8-2)29-23(24)22-18(25-5)10-9-11-19(22)26-6;;/h9-16,29H,7-8H2,1-6H3;;. The van der Waals surface area contributed by atoms with Gasteiger partial charge in [0.05, 0.1) is 26.4 Å². The molecule has 160 valence electrons. The van der Waals surface area contributed by atoms with Crippen LogP contribution in [0.3, 0.4) is 0 Å². The second kappa shape index (κ2) is 12.9. The number of ether oxygens (including phenoxy) is 4. The predicted octanol–water partition coefficient (Wildman–Crippen LogP) is 4.55. The third kappa shape index (κ3) is 6.95. The summed E-state index contributed by atoms with van der Waals surface area (Å²) in [7, 11) is 2.96. The number of rotatable bonds is 11. The molecule has 0 saturated carbocycles. The molecule has 7 heteroatoms. The van der Waals surface area contributed by atoms with E-state index in [4.69, 9.17) is 18.9 Å². The Kier molecular flexibility index (Phi) is 11.3. The fraction of sp³-hybridized carbons (Fsp3) is 0.435. The van der Waals surface area contributed by atoms with Gasteiger partial charge in [-0.15, -0.1) is 0 Å². The van der Waals surface area contributed by atoms with Crippen LogP contribution in [0.4, 0.5) is 0 Å². The molecule has 0 aliphatic heterocycles. The van der Waals surface area contributed by atoms with Crippen molar-refractivity contribution in [2.45, 2.75) is 52.7 Å². The molecule has 30 heavy (non-hydrogen) atoms. The Balaban J connectivity index is 0.00000450. The van der Waals surface area contributed by atoms with Crippen molar-refractivity contribution in [1.29, 1.82) is 0 Å². The second-order valence-electron chi connectivity index (χ2n) is 6.82. The summed E-state index contributed by atoms with van der Waals surface area (Å²) in [6.07, 6.45) is 1.93. The average molecular weight is 426 g/mol. The van der Waals surface area contributed by atoms with Crippen molar-refractivity contribution in [3.8, 4) is 23.0 Å². The fourth-order valence-electron chi connectivity index (χ4n) is 2.65. The molecule has 0 aliphatic carbocycles. The summed E-state index contributed by atoms with van der Waals surface area (Å²) >= 11 is 0. The molecule has 5 nitrogen and oxygen atoms in total. The molecule has 0 saturated heterocycles. The monoisotopic (exact) mass is 426 g/mol. The number of hydrogen-bond donors (Lipinski definition) is 0. The van der Waals surface area contributed by atoms with Crippen LogP contribution in [0, 0.1) is 0 Å². The Hall–Kier alpha value is -1.66. The van der Waals surface area contributed by atoms with E-state index in [1.165, 1.54) is 0 Å².